The van der Waals surface area contributed by atoms with Crippen LogP contribution in [-0.2, 0) is 0 Å². The highest BCUT2D eigenvalue weighted by Gasteiger charge is 2.23. The van der Waals surface area contributed by atoms with E-state index >= 15 is 0 Å². The van der Waals surface area contributed by atoms with Crippen LogP contribution in [-0.4, -0.2) is 12.9 Å². The Hall–Kier alpha value is -1.96. The predicted molar refractivity (Wildman–Crippen MR) is 56.6 cm³/mol. The number of nitriles is 1. The third-order valence-electron chi connectivity index (χ3n) is 2.39. The maximum atomic E-state index is 13.5. The number of hydrogen-bond donors (Lipinski definition) is 0. The highest BCUT2D eigenvalue weighted by atomic mass is 19.1. The maximum absolute atomic E-state index is 13.5. The van der Waals surface area contributed by atoms with Gasteiger partial charge < -0.3 is 4.74 Å². The summed E-state index contributed by atoms with van der Waals surface area (Å²) in [5, 5.41) is 8.71. The molecule has 1 atom stereocenters. The van der Waals surface area contributed by atoms with E-state index in [1.807, 2.05) is 0 Å². The average Bonchev–Trinajstić information content (AvgIpc) is 2.32. The largest absolute Gasteiger partial charge is 0.494 e. The molecule has 0 aliphatic carbocycles. The molecule has 0 aromatic heterocycles. The number of Topliss-reactive ketones (excluding diaryl/α,β-unsaturated/α-hetero) is 1. The van der Waals surface area contributed by atoms with Gasteiger partial charge in [0.1, 0.15) is 11.7 Å². The van der Waals surface area contributed by atoms with Gasteiger partial charge in [-0.15, -0.1) is 0 Å². The lowest BCUT2D eigenvalue weighted by atomic mass is 9.96. The summed E-state index contributed by atoms with van der Waals surface area (Å²) in [4.78, 5) is 11.7. The van der Waals surface area contributed by atoms with Crippen molar-refractivity contribution in [3.8, 4) is 11.8 Å². The molecular formula is C12H11F2NO2. The number of ketones is 1. The van der Waals surface area contributed by atoms with E-state index in [9.17, 15) is 13.6 Å². The van der Waals surface area contributed by atoms with Crippen molar-refractivity contribution in [1.82, 2.24) is 0 Å². The summed E-state index contributed by atoms with van der Waals surface area (Å²) in [5.74, 6) is -3.66. The standard InChI is InChI=1S/C12H11F2NO2/c1-3-7(6-15)12(16)8-4-10(14)11(17-2)5-9(8)13/h4-5,7H,3H2,1-2H3. The van der Waals surface area contributed by atoms with Crippen LogP contribution in [0.1, 0.15) is 23.7 Å². The first-order valence-corrected chi connectivity index (χ1v) is 5.02. The Balaban J connectivity index is 3.20. The first-order chi connectivity index (χ1) is 8.04. The Morgan fingerprint density at radius 2 is 2.12 bits per heavy atom. The summed E-state index contributed by atoms with van der Waals surface area (Å²) in [6.45, 7) is 1.63. The van der Waals surface area contributed by atoms with Crippen LogP contribution in [0, 0.1) is 28.9 Å². The van der Waals surface area contributed by atoms with Crippen LogP contribution >= 0.6 is 0 Å². The van der Waals surface area contributed by atoms with Crippen LogP contribution < -0.4 is 4.74 Å². The summed E-state index contributed by atoms with van der Waals surface area (Å²) in [7, 11) is 1.20. The Bertz CT molecular complexity index is 480. The quantitative estimate of drug-likeness (QED) is 0.759. The molecule has 0 fully saturated rings. The molecule has 3 nitrogen and oxygen atoms in total. The lowest BCUT2D eigenvalue weighted by Gasteiger charge is -2.08. The zero-order chi connectivity index (χ0) is 13.0. The van der Waals surface area contributed by atoms with E-state index in [1.165, 1.54) is 7.11 Å². The molecule has 0 N–H and O–H groups in total. The number of rotatable bonds is 4. The van der Waals surface area contributed by atoms with Crippen LogP contribution in [0.25, 0.3) is 0 Å². The van der Waals surface area contributed by atoms with E-state index < -0.39 is 28.9 Å². The number of carbonyl (C=O) groups is 1. The Kier molecular flexibility index (Phi) is 4.16. The molecule has 17 heavy (non-hydrogen) atoms. The minimum atomic E-state index is -0.961. The molecule has 0 aliphatic rings. The highest BCUT2D eigenvalue weighted by molar-refractivity contribution is 5.99. The topological polar surface area (TPSA) is 50.1 Å². The lowest BCUT2D eigenvalue weighted by molar-refractivity contribution is 0.0942. The molecule has 0 radical (unpaired) electrons. The van der Waals surface area contributed by atoms with Gasteiger partial charge in [-0.05, 0) is 12.5 Å². The fourth-order valence-electron chi connectivity index (χ4n) is 1.40. The van der Waals surface area contributed by atoms with Gasteiger partial charge in [-0.3, -0.25) is 4.79 Å². The molecule has 0 bridgehead atoms. The maximum Gasteiger partial charge on any atom is 0.183 e. The van der Waals surface area contributed by atoms with Crippen LogP contribution in [0.4, 0.5) is 8.78 Å². The van der Waals surface area contributed by atoms with Gasteiger partial charge in [0.15, 0.2) is 17.3 Å². The Morgan fingerprint density at radius 1 is 1.47 bits per heavy atom. The third kappa shape index (κ3) is 2.59. The molecule has 90 valence electrons. The van der Waals surface area contributed by atoms with E-state index in [0.717, 1.165) is 12.1 Å². The van der Waals surface area contributed by atoms with Gasteiger partial charge in [0, 0.05) is 6.07 Å². The van der Waals surface area contributed by atoms with Gasteiger partial charge in [0.25, 0.3) is 0 Å². The smallest absolute Gasteiger partial charge is 0.183 e. The lowest BCUT2D eigenvalue weighted by Crippen LogP contribution is -2.14. The van der Waals surface area contributed by atoms with Crippen molar-refractivity contribution in [1.29, 1.82) is 5.26 Å². The molecule has 5 heteroatoms. The average molecular weight is 239 g/mol. The third-order valence-corrected chi connectivity index (χ3v) is 2.39. The molecule has 1 rings (SSSR count). The van der Waals surface area contributed by atoms with E-state index in [2.05, 4.69) is 4.74 Å². The molecule has 1 aromatic rings. The monoisotopic (exact) mass is 239 g/mol. The molecule has 0 saturated heterocycles. The van der Waals surface area contributed by atoms with Crippen LogP contribution in [0.3, 0.4) is 0 Å². The molecule has 1 aromatic carbocycles. The zero-order valence-electron chi connectivity index (χ0n) is 9.46. The van der Waals surface area contributed by atoms with Gasteiger partial charge in [0.05, 0.1) is 18.7 Å². The van der Waals surface area contributed by atoms with Crippen molar-refractivity contribution in [3.63, 3.8) is 0 Å². The van der Waals surface area contributed by atoms with Gasteiger partial charge in [-0.2, -0.15) is 5.26 Å². The molecule has 0 spiro atoms. The van der Waals surface area contributed by atoms with Crippen LogP contribution in [0.5, 0.6) is 5.75 Å². The Morgan fingerprint density at radius 3 is 2.59 bits per heavy atom. The van der Waals surface area contributed by atoms with Gasteiger partial charge in [0.2, 0.25) is 0 Å². The van der Waals surface area contributed by atoms with Crippen molar-refractivity contribution in [2.24, 2.45) is 5.92 Å². The fourth-order valence-corrected chi connectivity index (χ4v) is 1.40. The van der Waals surface area contributed by atoms with Gasteiger partial charge >= 0.3 is 0 Å². The van der Waals surface area contributed by atoms with Crippen LogP contribution in [0.15, 0.2) is 12.1 Å². The zero-order valence-corrected chi connectivity index (χ0v) is 9.46. The molecule has 0 heterocycles. The second-order valence-corrected chi connectivity index (χ2v) is 3.42. The van der Waals surface area contributed by atoms with Gasteiger partial charge in [-0.25, -0.2) is 8.78 Å². The summed E-state index contributed by atoms with van der Waals surface area (Å²) >= 11 is 0. The Labute approximate surface area is 97.6 Å². The molecule has 0 aliphatic heterocycles. The number of ether oxygens (including phenoxy) is 1. The van der Waals surface area contributed by atoms with Gasteiger partial charge in [-0.1, -0.05) is 6.92 Å². The molecular weight excluding hydrogens is 228 g/mol. The van der Waals surface area contributed by atoms with Crippen LogP contribution in [0.2, 0.25) is 0 Å². The van der Waals surface area contributed by atoms with Crippen molar-refractivity contribution in [3.05, 3.63) is 29.3 Å². The number of halogens is 2. The van der Waals surface area contributed by atoms with Crippen molar-refractivity contribution < 1.29 is 18.3 Å². The van der Waals surface area contributed by atoms with Crippen molar-refractivity contribution in [2.45, 2.75) is 13.3 Å². The fraction of sp³-hybridized carbons (Fsp3) is 0.333. The number of benzene rings is 1. The molecule has 1 unspecified atom stereocenters. The summed E-state index contributed by atoms with van der Waals surface area (Å²) < 4.78 is 31.4. The predicted octanol–water partition coefficient (Wildman–Crippen LogP) is 2.71. The first kappa shape index (κ1) is 13.1. The summed E-state index contributed by atoms with van der Waals surface area (Å²) in [6, 6.07) is 3.31. The minimum absolute atomic E-state index is 0.252. The van der Waals surface area contributed by atoms with E-state index in [1.54, 1.807) is 13.0 Å². The number of nitrogens with zero attached hydrogens (tertiary/aromatic N) is 1. The van der Waals surface area contributed by atoms with E-state index in [-0.39, 0.29) is 12.2 Å². The first-order valence-electron chi connectivity index (χ1n) is 5.02. The van der Waals surface area contributed by atoms with E-state index in [0.29, 0.717) is 0 Å². The second kappa shape index (κ2) is 5.39. The minimum Gasteiger partial charge on any atom is -0.494 e. The second-order valence-electron chi connectivity index (χ2n) is 3.42. The number of hydrogen-bond acceptors (Lipinski definition) is 3. The SMILES string of the molecule is CCC(C#N)C(=O)c1cc(F)c(OC)cc1F. The number of methoxy groups -OCH3 is 1. The highest BCUT2D eigenvalue weighted by Crippen LogP contribution is 2.23. The van der Waals surface area contributed by atoms with Crippen molar-refractivity contribution >= 4 is 5.78 Å². The number of carbonyl (C=O) groups excluding carboxylic acids is 1. The molecule has 0 amide bonds. The molecule has 0 saturated carbocycles. The van der Waals surface area contributed by atoms with E-state index in [4.69, 9.17) is 5.26 Å². The summed E-state index contributed by atoms with van der Waals surface area (Å²) in [6.07, 6.45) is 0.252. The van der Waals surface area contributed by atoms with Crippen molar-refractivity contribution in [2.75, 3.05) is 7.11 Å². The normalized spacial score (nSPS) is 11.7. The summed E-state index contributed by atoms with van der Waals surface area (Å²) in [5.41, 5.74) is -0.420.